The Hall–Kier alpha value is -2.94. The summed E-state index contributed by atoms with van der Waals surface area (Å²) in [4.78, 5) is 23.3. The number of rotatable bonds is 4. The molecule has 0 spiro atoms. The number of hydrogen-bond donors (Lipinski definition) is 0. The lowest BCUT2D eigenvalue weighted by atomic mass is 9.67. The number of benzene rings is 1. The summed E-state index contributed by atoms with van der Waals surface area (Å²) in [5.74, 6) is 0.00231. The van der Waals surface area contributed by atoms with E-state index >= 15 is 0 Å². The van der Waals surface area contributed by atoms with Gasteiger partial charge in [0.05, 0.1) is 16.6 Å². The van der Waals surface area contributed by atoms with E-state index in [0.717, 1.165) is 12.8 Å². The van der Waals surface area contributed by atoms with Gasteiger partial charge < -0.3 is 14.1 Å². The van der Waals surface area contributed by atoms with E-state index in [1.54, 1.807) is 12.0 Å². The van der Waals surface area contributed by atoms with E-state index in [4.69, 9.17) is 9.15 Å². The number of fused-ring (bicyclic) bond motifs is 2. The molecule has 3 heterocycles. The lowest BCUT2D eigenvalue weighted by Crippen LogP contribution is -2.54. The smallest absolute Gasteiger partial charge is 0.257 e. The Kier molecular flexibility index (Phi) is 3.87. The summed E-state index contributed by atoms with van der Waals surface area (Å²) in [5.41, 5.74) is 0.206. The Morgan fingerprint density at radius 1 is 1.29 bits per heavy atom. The zero-order chi connectivity index (χ0) is 19.3. The van der Waals surface area contributed by atoms with Crippen molar-refractivity contribution in [3.05, 3.63) is 47.7 Å². The largest absolute Gasteiger partial charge is 0.420 e. The first-order valence-electron chi connectivity index (χ1n) is 9.17. The Morgan fingerprint density at radius 2 is 2.07 bits per heavy atom. The van der Waals surface area contributed by atoms with Crippen LogP contribution in [0.5, 0.6) is 0 Å². The summed E-state index contributed by atoms with van der Waals surface area (Å²) < 4.78 is 25.5. The third-order valence-corrected chi connectivity index (χ3v) is 5.87. The van der Waals surface area contributed by atoms with Gasteiger partial charge in [0, 0.05) is 32.1 Å². The number of nitrogens with zero attached hydrogens (tertiary/aromatic N) is 5. The molecule has 0 N–H and O–H groups in total. The quantitative estimate of drug-likeness (QED) is 0.683. The van der Waals surface area contributed by atoms with Crippen molar-refractivity contribution < 1.29 is 18.3 Å². The lowest BCUT2D eigenvalue weighted by Gasteiger charge is -2.47. The number of aromatic nitrogens is 4. The van der Waals surface area contributed by atoms with Crippen LogP contribution < -0.4 is 0 Å². The van der Waals surface area contributed by atoms with Crippen LogP contribution in [0.2, 0.25) is 0 Å². The maximum atomic E-state index is 14.7. The molecule has 2 fully saturated rings. The molecular weight excluding hydrogens is 365 g/mol. The second-order valence-corrected chi connectivity index (χ2v) is 7.22. The molecule has 1 saturated heterocycles. The lowest BCUT2D eigenvalue weighted by molar-refractivity contribution is -0.00485. The first kappa shape index (κ1) is 17.2. The van der Waals surface area contributed by atoms with Crippen LogP contribution in [0, 0.1) is 11.7 Å². The summed E-state index contributed by atoms with van der Waals surface area (Å²) in [7, 11) is 1.55. The van der Waals surface area contributed by atoms with Crippen molar-refractivity contribution in [3.63, 3.8) is 0 Å². The second kappa shape index (κ2) is 6.30. The number of ether oxygens (including phenoxy) is 1. The predicted octanol–water partition coefficient (Wildman–Crippen LogP) is 2.45. The van der Waals surface area contributed by atoms with Gasteiger partial charge in [-0.25, -0.2) is 4.39 Å². The van der Waals surface area contributed by atoms with E-state index in [0.29, 0.717) is 35.8 Å². The van der Waals surface area contributed by atoms with Crippen LogP contribution in [0.1, 0.15) is 41.4 Å². The number of halogens is 1. The van der Waals surface area contributed by atoms with E-state index in [2.05, 4.69) is 20.2 Å². The van der Waals surface area contributed by atoms with Crippen molar-refractivity contribution in [3.8, 4) is 0 Å². The molecule has 1 amide bonds. The number of carbonyl (C=O) groups excluding carboxylic acids is 1. The van der Waals surface area contributed by atoms with E-state index in [1.165, 1.54) is 24.5 Å². The molecule has 3 aromatic rings. The molecule has 28 heavy (non-hydrogen) atoms. The van der Waals surface area contributed by atoms with Crippen LogP contribution >= 0.6 is 0 Å². The molecule has 2 atom stereocenters. The van der Waals surface area contributed by atoms with Gasteiger partial charge >= 0.3 is 0 Å². The van der Waals surface area contributed by atoms with Crippen LogP contribution in [0.25, 0.3) is 11.0 Å². The Labute approximate surface area is 159 Å². The van der Waals surface area contributed by atoms with Crippen molar-refractivity contribution in [2.24, 2.45) is 5.92 Å². The van der Waals surface area contributed by atoms with Gasteiger partial charge in [-0.15, -0.1) is 10.2 Å². The third-order valence-electron chi connectivity index (χ3n) is 5.87. The van der Waals surface area contributed by atoms with Crippen LogP contribution in [-0.2, 0) is 16.9 Å². The molecule has 1 aliphatic carbocycles. The Morgan fingerprint density at radius 3 is 2.79 bits per heavy atom. The van der Waals surface area contributed by atoms with E-state index in [9.17, 15) is 9.18 Å². The summed E-state index contributed by atoms with van der Waals surface area (Å²) in [6.45, 7) is 0.725. The van der Waals surface area contributed by atoms with Gasteiger partial charge in [-0.3, -0.25) is 14.8 Å². The number of hydrogen-bond acceptors (Lipinski definition) is 7. The molecule has 8 nitrogen and oxygen atoms in total. The van der Waals surface area contributed by atoms with Gasteiger partial charge in [-0.05, 0) is 31.2 Å². The molecule has 0 unspecified atom stereocenters. The molecule has 2 aliphatic rings. The van der Waals surface area contributed by atoms with Gasteiger partial charge in [-0.1, -0.05) is 0 Å². The van der Waals surface area contributed by atoms with Crippen molar-refractivity contribution in [2.75, 3.05) is 13.7 Å². The summed E-state index contributed by atoms with van der Waals surface area (Å²) >= 11 is 0. The first-order chi connectivity index (χ1) is 13.6. The highest BCUT2D eigenvalue weighted by Crippen LogP contribution is 2.56. The molecule has 0 bridgehead atoms. The topological polar surface area (TPSA) is 94.2 Å². The normalized spacial score (nSPS) is 23.6. The van der Waals surface area contributed by atoms with Crippen molar-refractivity contribution in [1.82, 2.24) is 25.1 Å². The summed E-state index contributed by atoms with van der Waals surface area (Å²) in [5, 5.41) is 8.20. The third kappa shape index (κ3) is 2.35. The fourth-order valence-corrected chi connectivity index (χ4v) is 4.43. The van der Waals surface area contributed by atoms with Crippen molar-refractivity contribution in [2.45, 2.75) is 31.4 Å². The minimum absolute atomic E-state index is 0.0171. The van der Waals surface area contributed by atoms with Crippen LogP contribution in [-0.4, -0.2) is 44.6 Å². The predicted molar refractivity (Wildman–Crippen MR) is 94.6 cm³/mol. The highest BCUT2D eigenvalue weighted by molar-refractivity contribution is 5.98. The fourth-order valence-electron chi connectivity index (χ4n) is 4.43. The maximum Gasteiger partial charge on any atom is 0.257 e. The average molecular weight is 383 g/mol. The SMILES string of the molecule is COCc1nnc([C@]23CC[C@H]2CCN3C(=O)c2cc3nccnc3cc2F)o1. The second-order valence-electron chi connectivity index (χ2n) is 7.22. The molecule has 144 valence electrons. The number of likely N-dealkylation sites (tertiary alicyclic amines) is 1. The molecule has 2 aromatic heterocycles. The summed E-state index contributed by atoms with van der Waals surface area (Å²) in [6.07, 6.45) is 5.52. The van der Waals surface area contributed by atoms with Gasteiger partial charge in [-0.2, -0.15) is 0 Å². The summed E-state index contributed by atoms with van der Waals surface area (Å²) in [6, 6.07) is 2.71. The first-order valence-corrected chi connectivity index (χ1v) is 9.17. The van der Waals surface area contributed by atoms with Crippen LogP contribution in [0.15, 0.2) is 28.9 Å². The molecular formula is C19H18FN5O3. The van der Waals surface area contributed by atoms with E-state index in [-0.39, 0.29) is 18.1 Å². The van der Waals surface area contributed by atoms with E-state index in [1.807, 2.05) is 0 Å². The number of carbonyl (C=O) groups is 1. The van der Waals surface area contributed by atoms with Gasteiger partial charge in [0.25, 0.3) is 5.91 Å². The number of amides is 1. The fraction of sp³-hybridized carbons (Fsp3) is 0.421. The standard InChI is InChI=1S/C19H18FN5O3/c1-27-10-16-23-24-18(28-16)19-4-2-11(19)3-7-25(19)17(26)12-8-14-15(9-13(12)20)22-6-5-21-14/h5-6,8-9,11H,2-4,7,10H2,1H3/t11-,19-/m0/s1. The molecule has 1 aliphatic heterocycles. The highest BCUT2D eigenvalue weighted by Gasteiger charge is 2.61. The molecule has 0 radical (unpaired) electrons. The van der Waals surface area contributed by atoms with Gasteiger partial charge in [0.15, 0.2) is 0 Å². The molecule has 1 saturated carbocycles. The van der Waals surface area contributed by atoms with Crippen LogP contribution in [0.4, 0.5) is 4.39 Å². The highest BCUT2D eigenvalue weighted by atomic mass is 19.1. The van der Waals surface area contributed by atoms with Gasteiger partial charge in [0.2, 0.25) is 11.8 Å². The average Bonchev–Trinajstić information content (AvgIpc) is 3.23. The Bertz CT molecular complexity index is 1070. The zero-order valence-electron chi connectivity index (χ0n) is 15.3. The van der Waals surface area contributed by atoms with Crippen molar-refractivity contribution >= 4 is 16.9 Å². The van der Waals surface area contributed by atoms with E-state index < -0.39 is 17.3 Å². The monoisotopic (exact) mass is 383 g/mol. The minimum Gasteiger partial charge on any atom is -0.420 e. The van der Waals surface area contributed by atoms with Crippen LogP contribution in [0.3, 0.4) is 0 Å². The minimum atomic E-state index is -0.667. The Balaban J connectivity index is 1.54. The van der Waals surface area contributed by atoms with Gasteiger partial charge in [0.1, 0.15) is 18.0 Å². The molecule has 1 aromatic carbocycles. The zero-order valence-corrected chi connectivity index (χ0v) is 15.3. The maximum absolute atomic E-state index is 14.7. The molecule has 9 heteroatoms. The number of methoxy groups -OCH3 is 1. The van der Waals surface area contributed by atoms with Crippen molar-refractivity contribution in [1.29, 1.82) is 0 Å². The molecule has 5 rings (SSSR count).